The number of nitrogens with zero attached hydrogens (tertiary/aromatic N) is 2. The molecule has 1 aliphatic heterocycles. The van der Waals surface area contributed by atoms with Crippen LogP contribution in [0.15, 0.2) is 117 Å². The standard InChI is InChI=1S/C34H24BrFN2O2S/c35-25-16-13-22(14-17-25)32-27-18-15-21-7-1-4-10-26(21)31(27)37-34-38(32)33(39)30(41-34)19-23-8-3-6-12-29(23)40-20-24-9-2-5-11-28(24)36/h1-14,16-17,19,32H,15,18,20H2/b30-19+/t32-/m1/s1. The van der Waals surface area contributed by atoms with E-state index in [2.05, 4.69) is 46.3 Å². The third-order valence-corrected chi connectivity index (χ3v) is 9.12. The van der Waals surface area contributed by atoms with E-state index in [9.17, 15) is 9.18 Å². The molecule has 0 amide bonds. The third kappa shape index (κ3) is 4.79. The van der Waals surface area contributed by atoms with E-state index >= 15 is 0 Å². The molecule has 0 saturated heterocycles. The van der Waals surface area contributed by atoms with Gasteiger partial charge in [0.2, 0.25) is 0 Å². The van der Waals surface area contributed by atoms with Crippen molar-refractivity contribution in [3.8, 4) is 5.75 Å². The Balaban J connectivity index is 1.36. The number of rotatable bonds is 5. The lowest BCUT2D eigenvalue weighted by atomic mass is 9.83. The number of halogens is 2. The first-order valence-electron chi connectivity index (χ1n) is 13.4. The number of aromatic nitrogens is 1. The van der Waals surface area contributed by atoms with Crippen LogP contribution in [0.2, 0.25) is 0 Å². The van der Waals surface area contributed by atoms with E-state index in [4.69, 9.17) is 9.73 Å². The molecule has 1 atom stereocenters. The fraction of sp³-hybridized carbons (Fsp3) is 0.118. The van der Waals surface area contributed by atoms with Gasteiger partial charge in [0, 0.05) is 21.2 Å². The SMILES string of the molecule is O=c1/c(=C\c2ccccc2OCc2ccccc2F)sc2n1[C@H](c1ccc(Br)cc1)C1=C(N=2)c2ccccc2CC1. The van der Waals surface area contributed by atoms with Gasteiger partial charge in [-0.2, -0.15) is 0 Å². The highest BCUT2D eigenvalue weighted by Gasteiger charge is 2.32. The van der Waals surface area contributed by atoms with Crippen LogP contribution in [0, 0.1) is 5.82 Å². The van der Waals surface area contributed by atoms with Gasteiger partial charge in [-0.3, -0.25) is 9.36 Å². The zero-order valence-electron chi connectivity index (χ0n) is 21.9. The van der Waals surface area contributed by atoms with Gasteiger partial charge in [0.1, 0.15) is 18.2 Å². The van der Waals surface area contributed by atoms with E-state index < -0.39 is 0 Å². The summed E-state index contributed by atoms with van der Waals surface area (Å²) < 4.78 is 23.6. The molecule has 0 unspecified atom stereocenters. The first kappa shape index (κ1) is 25.9. The Morgan fingerprint density at radius 1 is 0.951 bits per heavy atom. The monoisotopic (exact) mass is 622 g/mol. The van der Waals surface area contributed by atoms with Gasteiger partial charge in [-0.1, -0.05) is 100 Å². The molecule has 0 bridgehead atoms. The lowest BCUT2D eigenvalue weighted by Crippen LogP contribution is -2.38. The maximum atomic E-state index is 14.2. The fourth-order valence-corrected chi connectivity index (χ4v) is 6.87. The van der Waals surface area contributed by atoms with Crippen molar-refractivity contribution >= 4 is 39.0 Å². The van der Waals surface area contributed by atoms with Crippen LogP contribution in [0.3, 0.4) is 0 Å². The minimum absolute atomic E-state index is 0.0871. The molecule has 2 heterocycles. The molecule has 2 aliphatic rings. The molecule has 1 aromatic heterocycles. The summed E-state index contributed by atoms with van der Waals surface area (Å²) >= 11 is 4.93. The molecule has 0 spiro atoms. The molecule has 4 aromatic carbocycles. The molecule has 5 aromatic rings. The Hall–Kier alpha value is -4.07. The van der Waals surface area contributed by atoms with E-state index in [1.165, 1.54) is 28.5 Å². The highest BCUT2D eigenvalue weighted by molar-refractivity contribution is 9.10. The van der Waals surface area contributed by atoms with Crippen molar-refractivity contribution < 1.29 is 9.13 Å². The molecular formula is C34H24BrFN2O2S. The maximum absolute atomic E-state index is 14.2. The van der Waals surface area contributed by atoms with E-state index in [-0.39, 0.29) is 24.0 Å². The minimum Gasteiger partial charge on any atom is -0.488 e. The number of para-hydroxylation sites is 1. The second-order valence-corrected chi connectivity index (χ2v) is 12.0. The number of benzene rings is 4. The molecule has 0 saturated carbocycles. The molecule has 1 aliphatic carbocycles. The smallest absolute Gasteiger partial charge is 0.271 e. The van der Waals surface area contributed by atoms with Gasteiger partial charge in [0.05, 0.1) is 16.3 Å². The van der Waals surface area contributed by atoms with Crippen molar-refractivity contribution in [1.29, 1.82) is 0 Å². The van der Waals surface area contributed by atoms with Crippen LogP contribution < -0.4 is 19.6 Å². The Labute approximate surface area is 248 Å². The van der Waals surface area contributed by atoms with Crippen molar-refractivity contribution in [3.05, 3.63) is 160 Å². The van der Waals surface area contributed by atoms with E-state index in [1.807, 2.05) is 53.1 Å². The Morgan fingerprint density at radius 3 is 2.56 bits per heavy atom. The summed E-state index contributed by atoms with van der Waals surface area (Å²) in [7, 11) is 0. The summed E-state index contributed by atoms with van der Waals surface area (Å²) in [5, 5.41) is 0. The summed E-state index contributed by atoms with van der Waals surface area (Å²) in [6.45, 7) is 0.0917. The highest BCUT2D eigenvalue weighted by atomic mass is 79.9. The van der Waals surface area contributed by atoms with Gasteiger partial charge in [-0.05, 0) is 59.9 Å². The van der Waals surface area contributed by atoms with Gasteiger partial charge in [0.15, 0.2) is 4.80 Å². The van der Waals surface area contributed by atoms with Gasteiger partial charge >= 0.3 is 0 Å². The molecule has 0 N–H and O–H groups in total. The molecule has 4 nitrogen and oxygen atoms in total. The third-order valence-electron chi connectivity index (χ3n) is 7.61. The molecule has 202 valence electrons. The average Bonchev–Trinajstić information content (AvgIpc) is 3.31. The molecule has 7 rings (SSSR count). The summed E-state index contributed by atoms with van der Waals surface area (Å²) in [6.07, 6.45) is 3.61. The zero-order valence-corrected chi connectivity index (χ0v) is 24.3. The van der Waals surface area contributed by atoms with Gasteiger partial charge in [0.25, 0.3) is 5.56 Å². The van der Waals surface area contributed by atoms with Crippen molar-refractivity contribution in [2.24, 2.45) is 4.99 Å². The largest absolute Gasteiger partial charge is 0.488 e. The van der Waals surface area contributed by atoms with Crippen LogP contribution in [-0.4, -0.2) is 4.57 Å². The molecule has 7 heteroatoms. The lowest BCUT2D eigenvalue weighted by molar-refractivity contribution is 0.299. The number of fused-ring (bicyclic) bond motifs is 3. The van der Waals surface area contributed by atoms with E-state index in [1.54, 1.807) is 18.2 Å². The van der Waals surface area contributed by atoms with Crippen LogP contribution in [0.1, 0.15) is 40.3 Å². The van der Waals surface area contributed by atoms with Crippen molar-refractivity contribution in [1.82, 2.24) is 4.57 Å². The van der Waals surface area contributed by atoms with Gasteiger partial charge < -0.3 is 4.74 Å². The minimum atomic E-state index is -0.309. The lowest BCUT2D eigenvalue weighted by Gasteiger charge is -2.30. The number of ether oxygens (including phenoxy) is 1. The van der Waals surface area contributed by atoms with Crippen molar-refractivity contribution in [2.75, 3.05) is 0 Å². The van der Waals surface area contributed by atoms with Crippen LogP contribution in [-0.2, 0) is 13.0 Å². The summed E-state index contributed by atoms with van der Waals surface area (Å²) in [4.78, 5) is 19.9. The van der Waals surface area contributed by atoms with Crippen molar-refractivity contribution in [2.45, 2.75) is 25.5 Å². The van der Waals surface area contributed by atoms with Crippen LogP contribution in [0.4, 0.5) is 4.39 Å². The van der Waals surface area contributed by atoms with Gasteiger partial charge in [-0.15, -0.1) is 0 Å². The number of hydrogen-bond acceptors (Lipinski definition) is 4. The van der Waals surface area contributed by atoms with E-state index in [0.717, 1.165) is 39.7 Å². The molecule has 0 radical (unpaired) electrons. The fourth-order valence-electron chi connectivity index (χ4n) is 5.61. The normalized spacial score (nSPS) is 16.0. The number of hydrogen-bond donors (Lipinski definition) is 0. The summed E-state index contributed by atoms with van der Waals surface area (Å²) in [5.74, 6) is 0.274. The van der Waals surface area contributed by atoms with E-state index in [0.29, 0.717) is 20.6 Å². The number of aryl methyl sites for hydroxylation is 1. The average molecular weight is 624 g/mol. The first-order chi connectivity index (χ1) is 20.1. The summed E-state index contributed by atoms with van der Waals surface area (Å²) in [5.41, 5.74) is 6.75. The second-order valence-electron chi connectivity index (χ2n) is 10.1. The van der Waals surface area contributed by atoms with Crippen molar-refractivity contribution in [3.63, 3.8) is 0 Å². The predicted molar refractivity (Wildman–Crippen MR) is 164 cm³/mol. The summed E-state index contributed by atoms with van der Waals surface area (Å²) in [6, 6.07) is 30.4. The Kier molecular flexibility index (Phi) is 6.77. The molecular weight excluding hydrogens is 599 g/mol. The Morgan fingerprint density at radius 2 is 1.71 bits per heavy atom. The molecule has 41 heavy (non-hydrogen) atoms. The quantitative estimate of drug-likeness (QED) is 0.216. The highest BCUT2D eigenvalue weighted by Crippen LogP contribution is 2.41. The Bertz CT molecular complexity index is 2010. The maximum Gasteiger partial charge on any atom is 0.271 e. The van der Waals surface area contributed by atoms with Crippen LogP contribution >= 0.6 is 27.3 Å². The second kappa shape index (κ2) is 10.7. The number of thiazole rings is 1. The number of allylic oxidation sites excluding steroid dienone is 1. The first-order valence-corrected chi connectivity index (χ1v) is 15.0. The predicted octanol–water partition coefficient (Wildman–Crippen LogP) is 6.80. The van der Waals surface area contributed by atoms with Crippen LogP contribution in [0.25, 0.3) is 11.8 Å². The molecule has 0 fully saturated rings. The van der Waals surface area contributed by atoms with Crippen LogP contribution in [0.5, 0.6) is 5.75 Å². The zero-order chi connectivity index (χ0) is 27.9. The van der Waals surface area contributed by atoms with Gasteiger partial charge in [-0.25, -0.2) is 9.38 Å². The topological polar surface area (TPSA) is 43.6 Å².